The Labute approximate surface area is 132 Å². The predicted octanol–water partition coefficient (Wildman–Crippen LogP) is 5.04. The van der Waals surface area contributed by atoms with E-state index in [0.29, 0.717) is 5.56 Å². The molecule has 2 aromatic carbocycles. The Morgan fingerprint density at radius 2 is 1.71 bits per heavy atom. The third-order valence-electron chi connectivity index (χ3n) is 3.42. The first-order valence-electron chi connectivity index (χ1n) is 6.96. The van der Waals surface area contributed by atoms with Crippen LogP contribution in [0.15, 0.2) is 36.4 Å². The lowest BCUT2D eigenvalue weighted by molar-refractivity contribution is 0.0696. The fourth-order valence-corrected chi connectivity index (χ4v) is 2.70. The lowest BCUT2D eigenvalue weighted by atomic mass is 9.92. The van der Waals surface area contributed by atoms with Crippen LogP contribution in [0.3, 0.4) is 0 Å². The minimum atomic E-state index is -0.844. The van der Waals surface area contributed by atoms with Crippen LogP contribution in [-0.2, 0) is 6.42 Å². The largest absolute Gasteiger partial charge is 0.478 e. The second-order valence-electron chi connectivity index (χ2n) is 5.27. The highest BCUT2D eigenvalue weighted by molar-refractivity contribution is 5.97. The zero-order chi connectivity index (χ0) is 14.7. The van der Waals surface area contributed by atoms with E-state index in [4.69, 9.17) is 0 Å². The summed E-state index contributed by atoms with van der Waals surface area (Å²) < 4.78 is 0. The van der Waals surface area contributed by atoms with Gasteiger partial charge in [-0.25, -0.2) is 4.79 Å². The molecule has 0 radical (unpaired) electrons. The molecule has 0 saturated carbocycles. The van der Waals surface area contributed by atoms with Gasteiger partial charge in [0.25, 0.3) is 0 Å². The molecule has 0 amide bonds. The van der Waals surface area contributed by atoms with Crippen LogP contribution in [-0.4, -0.2) is 11.1 Å². The van der Waals surface area contributed by atoms with Crippen molar-refractivity contribution in [2.24, 2.45) is 0 Å². The van der Waals surface area contributed by atoms with Gasteiger partial charge in [-0.2, -0.15) is 0 Å². The zero-order valence-electron chi connectivity index (χ0n) is 12.6. The molecule has 3 heteroatoms. The van der Waals surface area contributed by atoms with E-state index in [-0.39, 0.29) is 12.4 Å². The van der Waals surface area contributed by atoms with Crippen LogP contribution in [0.25, 0.3) is 11.1 Å². The fourth-order valence-electron chi connectivity index (χ4n) is 2.70. The third kappa shape index (κ3) is 3.85. The van der Waals surface area contributed by atoms with Crippen LogP contribution in [0.1, 0.15) is 40.4 Å². The Morgan fingerprint density at radius 3 is 2.24 bits per heavy atom. The monoisotopic (exact) mass is 304 g/mol. The third-order valence-corrected chi connectivity index (χ3v) is 3.42. The van der Waals surface area contributed by atoms with E-state index in [0.717, 1.165) is 40.7 Å². The number of aryl methyl sites for hydroxylation is 3. The van der Waals surface area contributed by atoms with Crippen LogP contribution in [0.5, 0.6) is 0 Å². The molecule has 0 heterocycles. The van der Waals surface area contributed by atoms with Crippen molar-refractivity contribution < 1.29 is 9.90 Å². The molecule has 0 atom stereocenters. The van der Waals surface area contributed by atoms with Crippen LogP contribution in [0.4, 0.5) is 0 Å². The van der Waals surface area contributed by atoms with Crippen molar-refractivity contribution in [2.45, 2.75) is 33.6 Å². The molecule has 0 fully saturated rings. The maximum atomic E-state index is 11.7. The van der Waals surface area contributed by atoms with Gasteiger partial charge in [-0.1, -0.05) is 60.9 Å². The summed E-state index contributed by atoms with van der Waals surface area (Å²) in [6.45, 7) is 6.13. The second kappa shape index (κ2) is 7.28. The van der Waals surface area contributed by atoms with Gasteiger partial charge in [0, 0.05) is 0 Å². The van der Waals surface area contributed by atoms with E-state index in [2.05, 4.69) is 13.0 Å². The lowest BCUT2D eigenvalue weighted by Crippen LogP contribution is -2.05. The van der Waals surface area contributed by atoms with E-state index in [1.54, 1.807) is 0 Å². The zero-order valence-corrected chi connectivity index (χ0v) is 13.5. The highest BCUT2D eigenvalue weighted by Gasteiger charge is 2.16. The average Bonchev–Trinajstić information content (AvgIpc) is 2.37. The van der Waals surface area contributed by atoms with E-state index in [1.165, 1.54) is 0 Å². The number of hydrogen-bond acceptors (Lipinski definition) is 1. The smallest absolute Gasteiger partial charge is 0.336 e. The van der Waals surface area contributed by atoms with Crippen LogP contribution in [0.2, 0.25) is 0 Å². The predicted molar refractivity (Wildman–Crippen MR) is 89.6 cm³/mol. The molecule has 2 nitrogen and oxygen atoms in total. The Balaban J connectivity index is 0.00000220. The van der Waals surface area contributed by atoms with Crippen molar-refractivity contribution in [3.05, 3.63) is 58.7 Å². The summed E-state index contributed by atoms with van der Waals surface area (Å²) in [7, 11) is 0. The van der Waals surface area contributed by atoms with Gasteiger partial charge in [0.1, 0.15) is 0 Å². The molecular weight excluding hydrogens is 284 g/mol. The van der Waals surface area contributed by atoms with E-state index >= 15 is 0 Å². The van der Waals surface area contributed by atoms with E-state index in [1.807, 2.05) is 44.2 Å². The molecule has 21 heavy (non-hydrogen) atoms. The summed E-state index contributed by atoms with van der Waals surface area (Å²) in [5.74, 6) is -0.844. The number of carbonyl (C=O) groups is 1. The van der Waals surface area contributed by atoms with Crippen molar-refractivity contribution in [1.82, 2.24) is 0 Å². The Kier molecular flexibility index (Phi) is 5.98. The van der Waals surface area contributed by atoms with Crippen molar-refractivity contribution in [2.75, 3.05) is 0 Å². The number of benzene rings is 2. The molecule has 1 N–H and O–H groups in total. The summed E-state index contributed by atoms with van der Waals surface area (Å²) in [4.78, 5) is 11.7. The minimum absolute atomic E-state index is 0. The molecule has 112 valence electrons. The quantitative estimate of drug-likeness (QED) is 0.859. The van der Waals surface area contributed by atoms with Gasteiger partial charge in [0.15, 0.2) is 0 Å². The summed E-state index contributed by atoms with van der Waals surface area (Å²) in [6, 6.07) is 12.0. The standard InChI is InChI=1S/C18H20O2.ClH/c1-4-6-14-7-5-8-16(17(14)18(19)20)15-10-12(2)9-13(3)11-15;/h5,7-11H,4,6H2,1-3H3,(H,19,20);1H. The molecule has 2 rings (SSSR count). The molecule has 0 aliphatic carbocycles. The number of halogens is 1. The van der Waals surface area contributed by atoms with Gasteiger partial charge in [-0.15, -0.1) is 12.4 Å². The van der Waals surface area contributed by atoms with Crippen molar-refractivity contribution in [3.63, 3.8) is 0 Å². The maximum absolute atomic E-state index is 11.7. The first-order chi connectivity index (χ1) is 9.52. The Hall–Kier alpha value is -1.80. The number of carboxylic acid groups (broad SMARTS) is 1. The van der Waals surface area contributed by atoms with Crippen molar-refractivity contribution in [3.8, 4) is 11.1 Å². The van der Waals surface area contributed by atoms with Gasteiger partial charge in [-0.05, 0) is 37.0 Å². The molecule has 0 saturated heterocycles. The van der Waals surface area contributed by atoms with E-state index in [9.17, 15) is 9.90 Å². The van der Waals surface area contributed by atoms with Gasteiger partial charge in [0.2, 0.25) is 0 Å². The van der Waals surface area contributed by atoms with Crippen LogP contribution in [0, 0.1) is 13.8 Å². The molecular formula is C18H21ClO2. The van der Waals surface area contributed by atoms with Crippen molar-refractivity contribution >= 4 is 18.4 Å². The maximum Gasteiger partial charge on any atom is 0.336 e. The number of hydrogen-bond donors (Lipinski definition) is 1. The minimum Gasteiger partial charge on any atom is -0.478 e. The highest BCUT2D eigenvalue weighted by atomic mass is 35.5. The lowest BCUT2D eigenvalue weighted by Gasteiger charge is -2.12. The van der Waals surface area contributed by atoms with Crippen molar-refractivity contribution in [1.29, 1.82) is 0 Å². The molecule has 2 aromatic rings. The summed E-state index contributed by atoms with van der Waals surface area (Å²) in [6.07, 6.45) is 1.73. The Morgan fingerprint density at radius 1 is 1.10 bits per heavy atom. The SMILES string of the molecule is CCCc1cccc(-c2cc(C)cc(C)c2)c1C(=O)O.Cl. The highest BCUT2D eigenvalue weighted by Crippen LogP contribution is 2.28. The average molecular weight is 305 g/mol. The summed E-state index contributed by atoms with van der Waals surface area (Å²) in [5.41, 5.74) is 5.46. The molecule has 0 aromatic heterocycles. The van der Waals surface area contributed by atoms with Gasteiger partial charge in [0.05, 0.1) is 5.56 Å². The Bertz CT molecular complexity index is 627. The number of carboxylic acids is 1. The normalized spacial score (nSPS) is 10.0. The van der Waals surface area contributed by atoms with Crippen LogP contribution >= 0.6 is 12.4 Å². The first kappa shape index (κ1) is 17.3. The second-order valence-corrected chi connectivity index (χ2v) is 5.27. The van der Waals surface area contributed by atoms with Gasteiger partial charge < -0.3 is 5.11 Å². The van der Waals surface area contributed by atoms with Crippen LogP contribution < -0.4 is 0 Å². The van der Waals surface area contributed by atoms with E-state index < -0.39 is 5.97 Å². The molecule has 0 aliphatic rings. The summed E-state index contributed by atoms with van der Waals surface area (Å²) >= 11 is 0. The first-order valence-corrected chi connectivity index (χ1v) is 6.96. The molecule has 0 aliphatic heterocycles. The number of aromatic carboxylic acids is 1. The summed E-state index contributed by atoms with van der Waals surface area (Å²) in [5, 5.41) is 9.57. The molecule has 0 spiro atoms. The van der Waals surface area contributed by atoms with Gasteiger partial charge in [-0.3, -0.25) is 0 Å². The number of rotatable bonds is 4. The topological polar surface area (TPSA) is 37.3 Å². The molecule has 0 unspecified atom stereocenters. The fraction of sp³-hybridized carbons (Fsp3) is 0.278. The molecule has 0 bridgehead atoms. The van der Waals surface area contributed by atoms with Gasteiger partial charge >= 0.3 is 5.97 Å².